The first kappa shape index (κ1) is 11.7. The number of hydrogen-bond acceptors (Lipinski definition) is 3. The molecule has 86 valence electrons. The van der Waals surface area contributed by atoms with Gasteiger partial charge in [0.25, 0.3) is 0 Å². The molecule has 1 heterocycles. The first-order valence-corrected chi connectivity index (χ1v) is 6.92. The summed E-state index contributed by atoms with van der Waals surface area (Å²) in [5.41, 5.74) is 0.853. The van der Waals surface area contributed by atoms with Crippen LogP contribution in [-0.4, -0.2) is 25.1 Å². The van der Waals surface area contributed by atoms with Crippen molar-refractivity contribution in [1.82, 2.24) is 5.32 Å². The molecule has 1 aromatic rings. The van der Waals surface area contributed by atoms with Gasteiger partial charge in [0.2, 0.25) is 0 Å². The third kappa shape index (κ3) is 2.66. The van der Waals surface area contributed by atoms with Crippen molar-refractivity contribution in [3.8, 4) is 0 Å². The second-order valence-corrected chi connectivity index (χ2v) is 5.02. The molecule has 0 spiro atoms. The van der Waals surface area contributed by atoms with Crippen molar-refractivity contribution in [2.45, 2.75) is 17.7 Å². The summed E-state index contributed by atoms with van der Waals surface area (Å²) in [6.07, 6.45) is 4.18. The number of thioether (sulfide) groups is 1. The average Bonchev–Trinajstić information content (AvgIpc) is 2.39. The highest BCUT2D eigenvalue weighted by atomic mass is 32.2. The normalized spacial score (nSPS) is 20.7. The number of benzene rings is 1. The first-order valence-electron chi connectivity index (χ1n) is 5.70. The lowest BCUT2D eigenvalue weighted by Crippen LogP contribution is -2.34. The fraction of sp³-hybridized carbons (Fsp3) is 0.462. The molecule has 1 aromatic carbocycles. The lowest BCUT2D eigenvalue weighted by molar-refractivity contribution is 0.0899. The van der Waals surface area contributed by atoms with Gasteiger partial charge in [0, 0.05) is 22.9 Å². The number of hydrogen-bond donors (Lipinski definition) is 1. The van der Waals surface area contributed by atoms with E-state index in [9.17, 15) is 4.79 Å². The molecule has 1 saturated heterocycles. The van der Waals surface area contributed by atoms with Gasteiger partial charge in [-0.2, -0.15) is 0 Å². The van der Waals surface area contributed by atoms with Gasteiger partial charge in [-0.3, -0.25) is 4.79 Å². The maximum atomic E-state index is 12.2. The Labute approximate surface area is 101 Å². The van der Waals surface area contributed by atoms with Crippen LogP contribution in [-0.2, 0) is 0 Å². The smallest absolute Gasteiger partial charge is 0.167 e. The molecule has 0 radical (unpaired) electrons. The minimum atomic E-state index is 0.175. The van der Waals surface area contributed by atoms with Gasteiger partial charge in [-0.15, -0.1) is 11.8 Å². The van der Waals surface area contributed by atoms with E-state index >= 15 is 0 Å². The number of piperidine rings is 1. The lowest BCUT2D eigenvalue weighted by Gasteiger charge is -2.21. The molecule has 2 nitrogen and oxygen atoms in total. The molecule has 1 N–H and O–H groups in total. The van der Waals surface area contributed by atoms with Crippen LogP contribution in [0.3, 0.4) is 0 Å². The van der Waals surface area contributed by atoms with Crippen LogP contribution in [0.1, 0.15) is 23.2 Å². The fourth-order valence-electron chi connectivity index (χ4n) is 2.07. The third-order valence-corrected chi connectivity index (χ3v) is 3.79. The van der Waals surface area contributed by atoms with Crippen molar-refractivity contribution >= 4 is 17.5 Å². The summed E-state index contributed by atoms with van der Waals surface area (Å²) >= 11 is 1.70. The van der Waals surface area contributed by atoms with Crippen LogP contribution in [0.2, 0.25) is 0 Å². The van der Waals surface area contributed by atoms with E-state index < -0.39 is 0 Å². The van der Waals surface area contributed by atoms with Crippen LogP contribution >= 0.6 is 11.8 Å². The van der Waals surface area contributed by atoms with E-state index in [1.807, 2.05) is 30.5 Å². The Morgan fingerprint density at radius 1 is 1.38 bits per heavy atom. The Morgan fingerprint density at radius 3 is 2.69 bits per heavy atom. The van der Waals surface area contributed by atoms with E-state index in [0.717, 1.165) is 31.5 Å². The molecule has 0 aliphatic carbocycles. The minimum Gasteiger partial charge on any atom is -0.316 e. The van der Waals surface area contributed by atoms with Gasteiger partial charge in [0.1, 0.15) is 0 Å². The molecule has 1 unspecified atom stereocenters. The summed E-state index contributed by atoms with van der Waals surface area (Å²) in [6, 6.07) is 7.94. The molecule has 0 amide bonds. The molecule has 2 rings (SSSR count). The van der Waals surface area contributed by atoms with Crippen LogP contribution < -0.4 is 5.32 Å². The summed E-state index contributed by atoms with van der Waals surface area (Å²) in [4.78, 5) is 13.4. The predicted octanol–water partition coefficient (Wildman–Crippen LogP) is 2.59. The summed E-state index contributed by atoms with van der Waals surface area (Å²) < 4.78 is 0. The van der Waals surface area contributed by atoms with Crippen molar-refractivity contribution in [2.24, 2.45) is 5.92 Å². The standard InChI is InChI=1S/C13H17NOS/c1-16-12-6-4-10(5-7-12)13(15)11-3-2-8-14-9-11/h4-7,11,14H,2-3,8-9H2,1H3. The molecule has 1 aliphatic rings. The van der Waals surface area contributed by atoms with Gasteiger partial charge in [-0.1, -0.05) is 12.1 Å². The zero-order valence-electron chi connectivity index (χ0n) is 9.53. The molecule has 0 aromatic heterocycles. The highest BCUT2D eigenvalue weighted by molar-refractivity contribution is 7.98. The Kier molecular flexibility index (Phi) is 4.02. The summed E-state index contributed by atoms with van der Waals surface area (Å²) in [7, 11) is 0. The highest BCUT2D eigenvalue weighted by Crippen LogP contribution is 2.19. The van der Waals surface area contributed by atoms with Crippen molar-refractivity contribution in [1.29, 1.82) is 0 Å². The molecule has 1 fully saturated rings. The average molecular weight is 235 g/mol. The van der Waals surface area contributed by atoms with Gasteiger partial charge >= 0.3 is 0 Å². The van der Waals surface area contributed by atoms with E-state index in [-0.39, 0.29) is 5.92 Å². The Bertz CT molecular complexity index is 355. The summed E-state index contributed by atoms with van der Waals surface area (Å²) in [5.74, 6) is 0.466. The van der Waals surface area contributed by atoms with E-state index in [0.29, 0.717) is 5.78 Å². The topological polar surface area (TPSA) is 29.1 Å². The lowest BCUT2D eigenvalue weighted by atomic mass is 9.91. The van der Waals surface area contributed by atoms with Gasteiger partial charge in [-0.25, -0.2) is 0 Å². The SMILES string of the molecule is CSc1ccc(C(=O)C2CCCNC2)cc1. The van der Waals surface area contributed by atoms with E-state index in [1.165, 1.54) is 4.90 Å². The second-order valence-electron chi connectivity index (χ2n) is 4.14. The maximum Gasteiger partial charge on any atom is 0.167 e. The van der Waals surface area contributed by atoms with Crippen LogP contribution in [0.5, 0.6) is 0 Å². The molecule has 0 saturated carbocycles. The maximum absolute atomic E-state index is 12.2. The number of ketones is 1. The fourth-order valence-corrected chi connectivity index (χ4v) is 2.47. The number of rotatable bonds is 3. The van der Waals surface area contributed by atoms with Crippen molar-refractivity contribution < 1.29 is 4.79 Å². The number of Topliss-reactive ketones (excluding diaryl/α,β-unsaturated/α-hetero) is 1. The molecule has 16 heavy (non-hydrogen) atoms. The molecule has 0 bridgehead atoms. The Balaban J connectivity index is 2.07. The summed E-state index contributed by atoms with van der Waals surface area (Å²) in [5, 5.41) is 3.28. The summed E-state index contributed by atoms with van der Waals surface area (Å²) in [6.45, 7) is 1.89. The predicted molar refractivity (Wildman–Crippen MR) is 68.1 cm³/mol. The zero-order chi connectivity index (χ0) is 11.4. The number of nitrogens with one attached hydrogen (secondary N) is 1. The van der Waals surface area contributed by atoms with Crippen LogP contribution in [0.15, 0.2) is 29.2 Å². The second kappa shape index (κ2) is 5.51. The van der Waals surface area contributed by atoms with E-state index in [4.69, 9.17) is 0 Å². The number of carbonyl (C=O) groups excluding carboxylic acids is 1. The minimum absolute atomic E-state index is 0.175. The highest BCUT2D eigenvalue weighted by Gasteiger charge is 2.21. The van der Waals surface area contributed by atoms with E-state index in [1.54, 1.807) is 11.8 Å². The van der Waals surface area contributed by atoms with Gasteiger partial charge in [-0.05, 0) is 37.8 Å². The van der Waals surface area contributed by atoms with Crippen LogP contribution in [0, 0.1) is 5.92 Å². The van der Waals surface area contributed by atoms with Crippen molar-refractivity contribution in [3.05, 3.63) is 29.8 Å². The molecule has 3 heteroatoms. The van der Waals surface area contributed by atoms with Gasteiger partial charge in [0.15, 0.2) is 5.78 Å². The molecule has 1 aliphatic heterocycles. The van der Waals surface area contributed by atoms with Gasteiger partial charge in [0.05, 0.1) is 0 Å². The Morgan fingerprint density at radius 2 is 2.12 bits per heavy atom. The number of carbonyl (C=O) groups is 1. The Hall–Kier alpha value is -0.800. The van der Waals surface area contributed by atoms with Crippen LogP contribution in [0.4, 0.5) is 0 Å². The quantitative estimate of drug-likeness (QED) is 0.645. The largest absolute Gasteiger partial charge is 0.316 e. The molecule has 1 atom stereocenters. The third-order valence-electron chi connectivity index (χ3n) is 3.04. The van der Waals surface area contributed by atoms with Crippen molar-refractivity contribution in [3.63, 3.8) is 0 Å². The molecular weight excluding hydrogens is 218 g/mol. The van der Waals surface area contributed by atoms with Gasteiger partial charge < -0.3 is 5.32 Å². The monoisotopic (exact) mass is 235 g/mol. The zero-order valence-corrected chi connectivity index (χ0v) is 10.3. The van der Waals surface area contributed by atoms with Crippen molar-refractivity contribution in [2.75, 3.05) is 19.3 Å². The molecular formula is C13H17NOS. The van der Waals surface area contributed by atoms with Crippen LogP contribution in [0.25, 0.3) is 0 Å². The first-order chi connectivity index (χ1) is 7.81. The van der Waals surface area contributed by atoms with E-state index in [2.05, 4.69) is 5.32 Å².